The molecular weight excluding hydrogens is 466 g/mol. The maximum atomic E-state index is 13.2. The van der Waals surface area contributed by atoms with Gasteiger partial charge in [0.1, 0.15) is 22.8 Å². The average molecular weight is 498 g/mol. The molecule has 6 heteroatoms. The van der Waals surface area contributed by atoms with Gasteiger partial charge in [-0.2, -0.15) is 0 Å². The molecule has 0 unspecified atom stereocenters. The molecular formula is C31H31NO5. The number of hydrogen-bond acceptors (Lipinski definition) is 5. The van der Waals surface area contributed by atoms with Crippen LogP contribution in [0.25, 0.3) is 22.1 Å². The van der Waals surface area contributed by atoms with Crippen LogP contribution in [0.15, 0.2) is 82.0 Å². The van der Waals surface area contributed by atoms with E-state index < -0.39 is 0 Å². The van der Waals surface area contributed by atoms with Gasteiger partial charge in [-0.15, -0.1) is 0 Å². The Labute approximate surface area is 216 Å². The second kappa shape index (κ2) is 10.9. The summed E-state index contributed by atoms with van der Waals surface area (Å²) in [5.74, 6) is 1.87. The highest BCUT2D eigenvalue weighted by Gasteiger charge is 2.23. The lowest BCUT2D eigenvalue weighted by Gasteiger charge is -2.29. The van der Waals surface area contributed by atoms with Gasteiger partial charge >= 0.3 is 0 Å². The molecule has 0 aliphatic heterocycles. The molecule has 1 N–H and O–H groups in total. The van der Waals surface area contributed by atoms with E-state index in [4.69, 9.17) is 13.9 Å². The lowest BCUT2D eigenvalue weighted by molar-refractivity contribution is -0.124. The van der Waals surface area contributed by atoms with Crippen LogP contribution in [0.2, 0.25) is 0 Å². The molecule has 1 aromatic heterocycles. The third-order valence-corrected chi connectivity index (χ3v) is 7.00. The number of ether oxygens (including phenoxy) is 2. The van der Waals surface area contributed by atoms with E-state index in [1.807, 2.05) is 54.6 Å². The first kappa shape index (κ1) is 24.6. The normalized spacial score (nSPS) is 17.4. The fourth-order valence-corrected chi connectivity index (χ4v) is 4.87. The second-order valence-corrected chi connectivity index (χ2v) is 9.69. The highest BCUT2D eigenvalue weighted by Crippen LogP contribution is 2.29. The monoisotopic (exact) mass is 497 g/mol. The summed E-state index contributed by atoms with van der Waals surface area (Å²) in [6.07, 6.45) is 4.51. The number of hydrogen-bond donors (Lipinski definition) is 1. The lowest BCUT2D eigenvalue weighted by Crippen LogP contribution is -2.43. The largest absolute Gasteiger partial charge is 0.484 e. The predicted molar refractivity (Wildman–Crippen MR) is 144 cm³/mol. The van der Waals surface area contributed by atoms with Crippen LogP contribution in [0.4, 0.5) is 0 Å². The van der Waals surface area contributed by atoms with E-state index in [1.54, 1.807) is 25.1 Å². The van der Waals surface area contributed by atoms with Gasteiger partial charge in [-0.05, 0) is 61.1 Å². The van der Waals surface area contributed by atoms with Gasteiger partial charge in [0.2, 0.25) is 11.2 Å². The van der Waals surface area contributed by atoms with Crippen LogP contribution in [0.5, 0.6) is 17.2 Å². The Hall–Kier alpha value is -4.06. The van der Waals surface area contributed by atoms with Crippen LogP contribution in [0.3, 0.4) is 0 Å². The van der Waals surface area contributed by atoms with Crippen LogP contribution in [0.1, 0.15) is 38.4 Å². The molecule has 6 nitrogen and oxygen atoms in total. The third kappa shape index (κ3) is 5.69. The van der Waals surface area contributed by atoms with Crippen molar-refractivity contribution in [3.63, 3.8) is 0 Å². The van der Waals surface area contributed by atoms with Crippen molar-refractivity contribution in [2.75, 3.05) is 6.61 Å². The summed E-state index contributed by atoms with van der Waals surface area (Å²) in [6.45, 7) is 3.79. The summed E-state index contributed by atoms with van der Waals surface area (Å²) in [7, 11) is 0. The zero-order valence-corrected chi connectivity index (χ0v) is 21.2. The van der Waals surface area contributed by atoms with Crippen LogP contribution < -0.4 is 20.2 Å². The molecule has 1 aliphatic carbocycles. The molecule has 0 saturated heterocycles. The summed E-state index contributed by atoms with van der Waals surface area (Å²) in [4.78, 5) is 25.6. The Balaban J connectivity index is 1.27. The molecule has 3 aromatic carbocycles. The number of aryl methyl sites for hydroxylation is 1. The summed E-state index contributed by atoms with van der Waals surface area (Å²) >= 11 is 0. The van der Waals surface area contributed by atoms with Crippen molar-refractivity contribution in [3.05, 3.63) is 88.8 Å². The lowest BCUT2D eigenvalue weighted by atomic mass is 9.86. The van der Waals surface area contributed by atoms with Crippen molar-refractivity contribution in [1.29, 1.82) is 0 Å². The number of amides is 1. The van der Waals surface area contributed by atoms with Crippen molar-refractivity contribution in [3.8, 4) is 28.4 Å². The third-order valence-electron chi connectivity index (χ3n) is 7.00. The van der Waals surface area contributed by atoms with Crippen molar-refractivity contribution in [1.82, 2.24) is 5.32 Å². The molecule has 1 aliphatic rings. The Morgan fingerprint density at radius 2 is 1.65 bits per heavy atom. The van der Waals surface area contributed by atoms with E-state index >= 15 is 0 Å². The molecule has 37 heavy (non-hydrogen) atoms. The average Bonchev–Trinajstić information content (AvgIpc) is 2.92. The summed E-state index contributed by atoms with van der Waals surface area (Å²) in [5, 5.41) is 3.47. The van der Waals surface area contributed by atoms with E-state index in [0.29, 0.717) is 34.1 Å². The molecule has 1 heterocycles. The fourth-order valence-electron chi connectivity index (χ4n) is 4.87. The maximum absolute atomic E-state index is 13.2. The van der Waals surface area contributed by atoms with Crippen molar-refractivity contribution in [2.24, 2.45) is 5.92 Å². The van der Waals surface area contributed by atoms with E-state index in [9.17, 15) is 9.59 Å². The summed E-state index contributed by atoms with van der Waals surface area (Å²) in [6, 6.07) is 22.8. The minimum absolute atomic E-state index is 0.0852. The van der Waals surface area contributed by atoms with Gasteiger partial charge in [0, 0.05) is 12.1 Å². The first-order chi connectivity index (χ1) is 18.0. The van der Waals surface area contributed by atoms with Crippen molar-refractivity contribution < 1.29 is 18.7 Å². The molecule has 0 bridgehead atoms. The van der Waals surface area contributed by atoms with Crippen molar-refractivity contribution >= 4 is 16.9 Å². The molecule has 190 valence electrons. The van der Waals surface area contributed by atoms with Crippen LogP contribution in [0, 0.1) is 12.8 Å². The van der Waals surface area contributed by atoms with E-state index in [0.717, 1.165) is 30.4 Å². The molecule has 5 rings (SSSR count). The molecule has 1 fully saturated rings. The smallest absolute Gasteiger partial charge is 0.258 e. The minimum Gasteiger partial charge on any atom is -0.484 e. The summed E-state index contributed by atoms with van der Waals surface area (Å²) < 4.78 is 17.6. The van der Waals surface area contributed by atoms with Gasteiger partial charge < -0.3 is 19.2 Å². The van der Waals surface area contributed by atoms with Gasteiger partial charge in [-0.1, -0.05) is 62.2 Å². The van der Waals surface area contributed by atoms with Crippen LogP contribution >= 0.6 is 0 Å². The molecule has 0 spiro atoms. The molecule has 2 atom stereocenters. The number of benzene rings is 3. The Bertz CT molecular complexity index is 1440. The predicted octanol–water partition coefficient (Wildman–Crippen LogP) is 6.63. The molecule has 1 amide bonds. The highest BCUT2D eigenvalue weighted by atomic mass is 16.5. The summed E-state index contributed by atoms with van der Waals surface area (Å²) in [5.41, 5.74) is 2.29. The molecule has 0 radical (unpaired) electrons. The number of carbonyl (C=O) groups is 1. The van der Waals surface area contributed by atoms with Gasteiger partial charge in [0.15, 0.2) is 6.61 Å². The van der Waals surface area contributed by atoms with Gasteiger partial charge in [-0.3, -0.25) is 9.59 Å². The van der Waals surface area contributed by atoms with Gasteiger partial charge in [0.25, 0.3) is 5.91 Å². The quantitative estimate of drug-likeness (QED) is 0.310. The highest BCUT2D eigenvalue weighted by molar-refractivity contribution is 5.80. The number of rotatable bonds is 7. The van der Waals surface area contributed by atoms with Crippen LogP contribution in [-0.2, 0) is 4.79 Å². The van der Waals surface area contributed by atoms with Crippen molar-refractivity contribution in [2.45, 2.75) is 45.6 Å². The Morgan fingerprint density at radius 1 is 0.946 bits per heavy atom. The van der Waals surface area contributed by atoms with Crippen LogP contribution in [-0.4, -0.2) is 18.6 Å². The van der Waals surface area contributed by atoms with Gasteiger partial charge in [0.05, 0.1) is 5.39 Å². The fraction of sp³-hybridized carbons (Fsp3) is 0.290. The zero-order valence-electron chi connectivity index (χ0n) is 21.2. The Morgan fingerprint density at radius 3 is 2.41 bits per heavy atom. The number of fused-ring (bicyclic) bond motifs is 1. The SMILES string of the molecule is Cc1oc2cc(OCC(=O)N[C@@H]3CCCC[C@@H]3C)ccc2c(=O)c1Oc1ccc(-c2ccccc2)cc1. The zero-order chi connectivity index (χ0) is 25.8. The molecule has 1 saturated carbocycles. The van der Waals surface area contributed by atoms with Gasteiger partial charge in [-0.25, -0.2) is 0 Å². The Kier molecular flexibility index (Phi) is 7.26. The number of carbonyl (C=O) groups excluding carboxylic acids is 1. The standard InChI is InChI=1S/C31H31NO5/c1-20-8-6-7-11-27(20)32-29(33)19-35-25-16-17-26-28(18-25)36-21(2)31(30(26)34)37-24-14-12-23(13-15-24)22-9-4-3-5-10-22/h3-5,9-10,12-18,20,27H,6-8,11,19H2,1-2H3,(H,32,33)/t20-,27+/m0/s1. The minimum atomic E-state index is -0.263. The second-order valence-electron chi connectivity index (χ2n) is 9.69. The maximum Gasteiger partial charge on any atom is 0.258 e. The first-order valence-corrected chi connectivity index (χ1v) is 12.8. The number of nitrogens with one attached hydrogen (secondary N) is 1. The van der Waals surface area contributed by atoms with E-state index in [2.05, 4.69) is 12.2 Å². The molecule has 4 aromatic rings. The first-order valence-electron chi connectivity index (χ1n) is 12.8. The van der Waals surface area contributed by atoms with E-state index in [-0.39, 0.29) is 29.7 Å². The topological polar surface area (TPSA) is 77.8 Å². The van der Waals surface area contributed by atoms with E-state index in [1.165, 1.54) is 6.42 Å².